The average Bonchev–Trinajstić information content (AvgIpc) is 3.07. The number of hydrogen-bond acceptors (Lipinski definition) is 5. The number of aliphatic hydroxyl groups is 3. The first-order valence-corrected chi connectivity index (χ1v) is 11.2. The Labute approximate surface area is 162 Å². The van der Waals surface area contributed by atoms with Gasteiger partial charge in [0, 0.05) is 49.3 Å². The molecule has 27 heavy (non-hydrogen) atoms. The summed E-state index contributed by atoms with van der Waals surface area (Å²) in [4.78, 5) is 2.60. The molecular formula is C22H35NO4. The molecule has 5 saturated carbocycles. The van der Waals surface area contributed by atoms with Crippen LogP contribution in [0.3, 0.4) is 0 Å². The van der Waals surface area contributed by atoms with Crippen LogP contribution in [-0.2, 0) is 4.74 Å². The fourth-order valence-electron chi connectivity index (χ4n) is 10.1. The second-order valence-corrected chi connectivity index (χ2v) is 11.1. The zero-order valence-corrected chi connectivity index (χ0v) is 16.8. The van der Waals surface area contributed by atoms with E-state index in [1.165, 1.54) is 0 Å². The van der Waals surface area contributed by atoms with Crippen LogP contribution in [0.5, 0.6) is 0 Å². The molecule has 1 aliphatic heterocycles. The number of ether oxygens (including phenoxy) is 1. The normalized spacial score (nSPS) is 66.2. The summed E-state index contributed by atoms with van der Waals surface area (Å²) in [6.07, 6.45) is 3.66. The standard InChI is InChI=1S/C22H35NO4/c1-4-23-10-20(2)6-5-16(24)22-12-7-11-14(27-3)9-21(26,17(12)18(11)25)13(19(22)23)8-15(20)22/h11-19,24-26H,4-10H2,1-3H3/t11-,12+,13-,14+,15-,16-,17+,18+,19+,20+,21+,22+/m0/s1. The van der Waals surface area contributed by atoms with Crippen molar-refractivity contribution in [1.82, 2.24) is 4.90 Å². The van der Waals surface area contributed by atoms with Gasteiger partial charge < -0.3 is 20.1 Å². The maximum atomic E-state index is 12.1. The van der Waals surface area contributed by atoms with E-state index in [4.69, 9.17) is 4.74 Å². The van der Waals surface area contributed by atoms with Gasteiger partial charge >= 0.3 is 0 Å². The van der Waals surface area contributed by atoms with Gasteiger partial charge in [-0.3, -0.25) is 4.90 Å². The molecule has 152 valence electrons. The van der Waals surface area contributed by atoms with Crippen molar-refractivity contribution in [2.45, 2.75) is 75.9 Å². The largest absolute Gasteiger partial charge is 0.392 e. The van der Waals surface area contributed by atoms with Gasteiger partial charge in [0.15, 0.2) is 0 Å². The highest BCUT2D eigenvalue weighted by molar-refractivity contribution is 5.32. The van der Waals surface area contributed by atoms with Crippen molar-refractivity contribution in [3.63, 3.8) is 0 Å². The molecule has 7 bridgehead atoms. The Morgan fingerprint density at radius 2 is 1.96 bits per heavy atom. The molecule has 6 aliphatic rings. The fraction of sp³-hybridized carbons (Fsp3) is 1.00. The minimum absolute atomic E-state index is 0.0657. The van der Waals surface area contributed by atoms with E-state index >= 15 is 0 Å². The van der Waals surface area contributed by atoms with Crippen molar-refractivity contribution in [2.75, 3.05) is 20.2 Å². The highest BCUT2D eigenvalue weighted by Gasteiger charge is 2.82. The molecule has 6 fully saturated rings. The highest BCUT2D eigenvalue weighted by atomic mass is 16.5. The molecule has 1 spiro atoms. The highest BCUT2D eigenvalue weighted by Crippen LogP contribution is 2.78. The predicted molar refractivity (Wildman–Crippen MR) is 99.9 cm³/mol. The number of nitrogens with zero attached hydrogens (tertiary/aromatic N) is 1. The molecule has 0 aromatic rings. The lowest BCUT2D eigenvalue weighted by molar-refractivity contribution is -0.266. The topological polar surface area (TPSA) is 73.2 Å². The minimum Gasteiger partial charge on any atom is -0.392 e. The lowest BCUT2D eigenvalue weighted by Crippen LogP contribution is -2.75. The zero-order valence-electron chi connectivity index (χ0n) is 16.8. The number of piperidine rings is 1. The molecule has 5 nitrogen and oxygen atoms in total. The summed E-state index contributed by atoms with van der Waals surface area (Å²) in [7, 11) is 1.73. The number of hydrogen-bond donors (Lipinski definition) is 3. The molecule has 1 heterocycles. The molecule has 0 aromatic heterocycles. The van der Waals surface area contributed by atoms with Crippen LogP contribution < -0.4 is 0 Å². The minimum atomic E-state index is -0.858. The van der Waals surface area contributed by atoms with Crippen molar-refractivity contribution in [3.8, 4) is 0 Å². The van der Waals surface area contributed by atoms with E-state index in [2.05, 4.69) is 18.7 Å². The maximum absolute atomic E-state index is 12.1. The van der Waals surface area contributed by atoms with Crippen molar-refractivity contribution >= 4 is 0 Å². The van der Waals surface area contributed by atoms with Gasteiger partial charge in [-0.15, -0.1) is 0 Å². The third-order valence-electron chi connectivity index (χ3n) is 10.7. The fourth-order valence-corrected chi connectivity index (χ4v) is 10.1. The molecule has 3 N–H and O–H groups in total. The van der Waals surface area contributed by atoms with E-state index in [1.807, 2.05) is 0 Å². The number of likely N-dealkylation sites (tertiary alicyclic amines) is 1. The molecule has 12 atom stereocenters. The number of fused-ring (bicyclic) bond motifs is 2. The Hall–Kier alpha value is -0.200. The van der Waals surface area contributed by atoms with Crippen molar-refractivity contribution in [2.24, 2.45) is 40.4 Å². The zero-order chi connectivity index (χ0) is 18.9. The van der Waals surface area contributed by atoms with Crippen LogP contribution in [0.2, 0.25) is 0 Å². The molecule has 1 saturated heterocycles. The van der Waals surface area contributed by atoms with Gasteiger partial charge in [0.1, 0.15) is 0 Å². The summed E-state index contributed by atoms with van der Waals surface area (Å²) in [5, 5.41) is 34.9. The van der Waals surface area contributed by atoms with Crippen molar-refractivity contribution < 1.29 is 20.1 Å². The third kappa shape index (κ3) is 1.66. The summed E-state index contributed by atoms with van der Waals surface area (Å²) in [5.74, 6) is 0.840. The van der Waals surface area contributed by atoms with Crippen LogP contribution in [-0.4, -0.2) is 70.4 Å². The molecule has 5 heteroatoms. The third-order valence-corrected chi connectivity index (χ3v) is 10.7. The van der Waals surface area contributed by atoms with Crippen LogP contribution in [0, 0.1) is 40.4 Å². The Kier molecular flexibility index (Phi) is 3.33. The second kappa shape index (κ2) is 5.10. The first kappa shape index (κ1) is 17.6. The van der Waals surface area contributed by atoms with E-state index in [0.29, 0.717) is 12.3 Å². The number of rotatable bonds is 2. The van der Waals surface area contributed by atoms with Crippen LogP contribution in [0.1, 0.15) is 46.0 Å². The van der Waals surface area contributed by atoms with Gasteiger partial charge in [-0.25, -0.2) is 0 Å². The first-order valence-electron chi connectivity index (χ1n) is 11.2. The quantitative estimate of drug-likeness (QED) is 0.676. The number of methoxy groups -OCH3 is 1. The summed E-state index contributed by atoms with van der Waals surface area (Å²) in [5.41, 5.74) is -0.788. The van der Waals surface area contributed by atoms with Crippen molar-refractivity contribution in [1.29, 1.82) is 0 Å². The van der Waals surface area contributed by atoms with Gasteiger partial charge in [-0.2, -0.15) is 0 Å². The first-order chi connectivity index (χ1) is 12.8. The molecule has 0 amide bonds. The smallest absolute Gasteiger partial charge is 0.0771 e. The monoisotopic (exact) mass is 377 g/mol. The van der Waals surface area contributed by atoms with E-state index in [0.717, 1.165) is 38.8 Å². The molecule has 0 aromatic carbocycles. The van der Waals surface area contributed by atoms with Gasteiger partial charge in [-0.05, 0) is 49.5 Å². The Morgan fingerprint density at radius 3 is 2.67 bits per heavy atom. The Balaban J connectivity index is 1.59. The van der Waals surface area contributed by atoms with Gasteiger partial charge in [0.05, 0.1) is 23.9 Å². The molecule has 0 unspecified atom stereocenters. The summed E-state index contributed by atoms with van der Waals surface area (Å²) < 4.78 is 5.79. The second-order valence-electron chi connectivity index (χ2n) is 11.1. The molecule has 6 rings (SSSR count). The Morgan fingerprint density at radius 1 is 1.19 bits per heavy atom. The van der Waals surface area contributed by atoms with E-state index in [-0.39, 0.29) is 52.8 Å². The summed E-state index contributed by atoms with van der Waals surface area (Å²) in [6.45, 7) is 6.74. The molecular weight excluding hydrogens is 342 g/mol. The van der Waals surface area contributed by atoms with Crippen LogP contribution in [0.4, 0.5) is 0 Å². The summed E-state index contributed by atoms with van der Waals surface area (Å²) in [6, 6.07) is 0.253. The van der Waals surface area contributed by atoms with Gasteiger partial charge in [-0.1, -0.05) is 13.8 Å². The SMILES string of the molecule is CCN1C[C@@]2(C)CC[C@H](O)[C@@]34[C@@H]5C[C@@H]6[C@@H](O)[C@@H]5[C@@](O)(C[C@H]6OC)[C@@H](C[C@@H]23)[C@@H]14. The van der Waals surface area contributed by atoms with Gasteiger partial charge in [0.2, 0.25) is 0 Å². The lowest BCUT2D eigenvalue weighted by Gasteiger charge is -2.68. The van der Waals surface area contributed by atoms with Gasteiger partial charge in [0.25, 0.3) is 0 Å². The van der Waals surface area contributed by atoms with Crippen molar-refractivity contribution in [3.05, 3.63) is 0 Å². The van der Waals surface area contributed by atoms with E-state index in [9.17, 15) is 15.3 Å². The van der Waals surface area contributed by atoms with Crippen LogP contribution in [0.25, 0.3) is 0 Å². The molecule has 0 radical (unpaired) electrons. The van der Waals surface area contributed by atoms with E-state index < -0.39 is 11.7 Å². The average molecular weight is 378 g/mol. The number of aliphatic hydroxyl groups excluding tert-OH is 2. The molecule has 5 aliphatic carbocycles. The lowest BCUT2D eigenvalue weighted by atomic mass is 9.43. The van der Waals surface area contributed by atoms with E-state index in [1.54, 1.807) is 7.11 Å². The Bertz CT molecular complexity index is 673. The summed E-state index contributed by atoms with van der Waals surface area (Å²) >= 11 is 0. The van der Waals surface area contributed by atoms with Crippen LogP contribution >= 0.6 is 0 Å². The van der Waals surface area contributed by atoms with Crippen LogP contribution in [0.15, 0.2) is 0 Å². The predicted octanol–water partition coefficient (Wildman–Crippen LogP) is 1.25. The maximum Gasteiger partial charge on any atom is 0.0771 e.